The van der Waals surface area contributed by atoms with Gasteiger partial charge in [-0.25, -0.2) is 0 Å². The summed E-state index contributed by atoms with van der Waals surface area (Å²) in [5, 5.41) is 6.23. The van der Waals surface area contributed by atoms with Crippen LogP contribution in [0.1, 0.15) is 26.3 Å². The second-order valence-electron chi connectivity index (χ2n) is 9.16. The number of ether oxygens (including phenoxy) is 3. The van der Waals surface area contributed by atoms with E-state index >= 15 is 0 Å². The molecule has 0 atom stereocenters. The number of ketones is 1. The highest BCUT2D eigenvalue weighted by Gasteiger charge is 2.18. The van der Waals surface area contributed by atoms with Crippen molar-refractivity contribution in [2.75, 3.05) is 32.4 Å². The Kier molecular flexibility index (Phi) is 11.3. The van der Waals surface area contributed by atoms with E-state index in [2.05, 4.69) is 10.6 Å². The zero-order chi connectivity index (χ0) is 31.6. The summed E-state index contributed by atoms with van der Waals surface area (Å²) in [7, 11) is 4.46. The maximum absolute atomic E-state index is 13.6. The highest BCUT2D eigenvalue weighted by atomic mass is 35.5. The summed E-state index contributed by atoms with van der Waals surface area (Å²) in [6.45, 7) is 0. The molecule has 0 saturated heterocycles. The first kappa shape index (κ1) is 32.5. The minimum Gasteiger partial charge on any atom is -0.493 e. The van der Waals surface area contributed by atoms with Crippen LogP contribution in [-0.2, 0) is 4.79 Å². The second kappa shape index (κ2) is 15.3. The van der Waals surface area contributed by atoms with Gasteiger partial charge in [0.25, 0.3) is 11.8 Å². The van der Waals surface area contributed by atoms with Crippen LogP contribution in [0.4, 0.5) is 5.69 Å². The molecule has 0 heterocycles. The fraction of sp³-hybridized carbons (Fsp3) is 0.121. The quantitative estimate of drug-likeness (QED) is 0.0935. The van der Waals surface area contributed by atoms with Gasteiger partial charge in [-0.15, -0.1) is 11.8 Å². The van der Waals surface area contributed by atoms with Crippen LogP contribution in [0.25, 0.3) is 6.08 Å². The molecule has 4 rings (SSSR count). The van der Waals surface area contributed by atoms with Crippen LogP contribution in [0.5, 0.6) is 17.2 Å². The highest BCUT2D eigenvalue weighted by molar-refractivity contribution is 8.00. The summed E-state index contributed by atoms with van der Waals surface area (Å²) in [5.74, 6) is 0.136. The van der Waals surface area contributed by atoms with E-state index in [-0.39, 0.29) is 17.2 Å². The Bertz CT molecular complexity index is 1690. The molecule has 8 nitrogen and oxygen atoms in total. The van der Waals surface area contributed by atoms with Gasteiger partial charge in [0, 0.05) is 21.7 Å². The molecule has 2 amide bonds. The average Bonchev–Trinajstić information content (AvgIpc) is 3.04. The molecule has 4 aromatic rings. The number of amides is 2. The van der Waals surface area contributed by atoms with Gasteiger partial charge in [0.15, 0.2) is 17.3 Å². The summed E-state index contributed by atoms with van der Waals surface area (Å²) < 4.78 is 16.3. The predicted molar refractivity (Wildman–Crippen MR) is 175 cm³/mol. The van der Waals surface area contributed by atoms with E-state index in [1.165, 1.54) is 45.2 Å². The minimum absolute atomic E-state index is 0.0269. The summed E-state index contributed by atoms with van der Waals surface area (Å²) in [6.07, 6.45) is 1.51. The number of carbonyl (C=O) groups is 3. The van der Waals surface area contributed by atoms with Gasteiger partial charge in [-0.1, -0.05) is 47.5 Å². The molecule has 0 bridgehead atoms. The number of hydrogen-bond acceptors (Lipinski definition) is 7. The number of methoxy groups -OCH3 is 3. The number of thioether (sulfide) groups is 1. The van der Waals surface area contributed by atoms with Crippen LogP contribution in [0, 0.1) is 0 Å². The smallest absolute Gasteiger partial charge is 0.272 e. The molecule has 0 aliphatic heterocycles. The molecule has 0 unspecified atom stereocenters. The summed E-state index contributed by atoms with van der Waals surface area (Å²) in [6, 6.07) is 23.6. The summed E-state index contributed by atoms with van der Waals surface area (Å²) in [4.78, 5) is 40.1. The van der Waals surface area contributed by atoms with E-state index in [1.807, 2.05) is 6.07 Å². The number of hydrogen-bond donors (Lipinski definition) is 2. The Balaban J connectivity index is 1.57. The van der Waals surface area contributed by atoms with Gasteiger partial charge in [0.05, 0.1) is 37.1 Å². The van der Waals surface area contributed by atoms with Crippen molar-refractivity contribution in [3.63, 3.8) is 0 Å². The van der Waals surface area contributed by atoms with Crippen molar-refractivity contribution >= 4 is 64.3 Å². The minimum atomic E-state index is -0.572. The van der Waals surface area contributed by atoms with Crippen molar-refractivity contribution in [1.29, 1.82) is 0 Å². The molecule has 4 aromatic carbocycles. The Morgan fingerprint density at radius 2 is 1.48 bits per heavy atom. The normalized spacial score (nSPS) is 11.0. The largest absolute Gasteiger partial charge is 0.493 e. The van der Waals surface area contributed by atoms with E-state index in [0.29, 0.717) is 49.7 Å². The summed E-state index contributed by atoms with van der Waals surface area (Å²) in [5.41, 5.74) is 1.78. The molecule has 11 heteroatoms. The standard InChI is InChI=1S/C33H28Cl2N2O6S/c1-41-29-15-20(16-30(42-2)31(29)43-3)14-27(37-32(39)21-8-5-4-6-9-21)33(40)36-23-10-7-11-24(18-23)44-19-28(38)22-12-13-25(34)26(35)17-22/h4-18H,19H2,1-3H3,(H,36,40)(H,37,39)/b27-14-. The monoisotopic (exact) mass is 650 g/mol. The Labute approximate surface area is 269 Å². The number of anilines is 1. The van der Waals surface area contributed by atoms with E-state index in [1.54, 1.807) is 72.8 Å². The third-order valence-electron chi connectivity index (χ3n) is 6.23. The lowest BCUT2D eigenvalue weighted by Crippen LogP contribution is -2.30. The molecule has 0 radical (unpaired) electrons. The van der Waals surface area contributed by atoms with Gasteiger partial charge in [0.2, 0.25) is 5.75 Å². The van der Waals surface area contributed by atoms with Gasteiger partial charge in [-0.2, -0.15) is 0 Å². The molecule has 0 saturated carbocycles. The van der Waals surface area contributed by atoms with Gasteiger partial charge < -0.3 is 24.8 Å². The number of benzene rings is 4. The molecule has 0 aliphatic rings. The third-order valence-corrected chi connectivity index (χ3v) is 7.96. The van der Waals surface area contributed by atoms with Crippen LogP contribution in [0.3, 0.4) is 0 Å². The maximum Gasteiger partial charge on any atom is 0.272 e. The zero-order valence-electron chi connectivity index (χ0n) is 24.0. The van der Waals surface area contributed by atoms with E-state index in [9.17, 15) is 14.4 Å². The Morgan fingerprint density at radius 3 is 2.11 bits per heavy atom. The van der Waals surface area contributed by atoms with E-state index in [4.69, 9.17) is 37.4 Å². The number of rotatable bonds is 12. The van der Waals surface area contributed by atoms with Crippen LogP contribution in [0.15, 0.2) is 95.5 Å². The van der Waals surface area contributed by atoms with Gasteiger partial charge in [-0.3, -0.25) is 14.4 Å². The van der Waals surface area contributed by atoms with Gasteiger partial charge in [0.1, 0.15) is 5.70 Å². The molecule has 0 aromatic heterocycles. The fourth-order valence-corrected chi connectivity index (χ4v) is 5.21. The highest BCUT2D eigenvalue weighted by Crippen LogP contribution is 2.38. The van der Waals surface area contributed by atoms with Crippen molar-refractivity contribution in [1.82, 2.24) is 5.32 Å². The molecule has 0 fully saturated rings. The lowest BCUT2D eigenvalue weighted by atomic mass is 10.1. The number of halogens is 2. The van der Waals surface area contributed by atoms with Crippen LogP contribution in [-0.4, -0.2) is 44.7 Å². The van der Waals surface area contributed by atoms with Crippen LogP contribution in [0.2, 0.25) is 10.0 Å². The third kappa shape index (κ3) is 8.35. The molecule has 226 valence electrons. The van der Waals surface area contributed by atoms with Crippen molar-refractivity contribution in [3.05, 3.63) is 117 Å². The molecule has 0 aliphatic carbocycles. The lowest BCUT2D eigenvalue weighted by Gasteiger charge is -2.15. The molecular formula is C33H28Cl2N2O6S. The average molecular weight is 652 g/mol. The molecule has 0 spiro atoms. The lowest BCUT2D eigenvalue weighted by molar-refractivity contribution is -0.113. The van der Waals surface area contributed by atoms with Crippen molar-refractivity contribution < 1.29 is 28.6 Å². The SMILES string of the molecule is COc1cc(/C=C(\NC(=O)c2ccccc2)C(=O)Nc2cccc(SCC(=O)c3ccc(Cl)c(Cl)c3)c2)cc(OC)c1OC. The van der Waals surface area contributed by atoms with E-state index < -0.39 is 11.8 Å². The first-order chi connectivity index (χ1) is 21.2. The molecule has 44 heavy (non-hydrogen) atoms. The maximum atomic E-state index is 13.6. The van der Waals surface area contributed by atoms with E-state index in [0.717, 1.165) is 4.90 Å². The molecule has 2 N–H and O–H groups in total. The van der Waals surface area contributed by atoms with Gasteiger partial charge in [-0.05, 0) is 72.3 Å². The summed E-state index contributed by atoms with van der Waals surface area (Å²) >= 11 is 13.3. The zero-order valence-corrected chi connectivity index (χ0v) is 26.3. The molecular weight excluding hydrogens is 623 g/mol. The number of carbonyl (C=O) groups excluding carboxylic acids is 3. The number of Topliss-reactive ketones (excluding diaryl/α,β-unsaturated/α-hetero) is 1. The van der Waals surface area contributed by atoms with Crippen molar-refractivity contribution in [2.45, 2.75) is 4.90 Å². The first-order valence-electron chi connectivity index (χ1n) is 13.1. The Morgan fingerprint density at radius 1 is 0.773 bits per heavy atom. The Hall–Kier alpha value is -4.44. The number of nitrogens with one attached hydrogen (secondary N) is 2. The van der Waals surface area contributed by atoms with Crippen LogP contribution < -0.4 is 24.8 Å². The van der Waals surface area contributed by atoms with Crippen molar-refractivity contribution in [2.24, 2.45) is 0 Å². The van der Waals surface area contributed by atoms with Gasteiger partial charge >= 0.3 is 0 Å². The fourth-order valence-electron chi connectivity index (χ4n) is 4.06. The predicted octanol–water partition coefficient (Wildman–Crippen LogP) is 7.40. The van der Waals surface area contributed by atoms with Crippen molar-refractivity contribution in [3.8, 4) is 17.2 Å². The second-order valence-corrected chi connectivity index (χ2v) is 11.0. The first-order valence-corrected chi connectivity index (χ1v) is 14.9. The topological polar surface area (TPSA) is 103 Å². The van der Waals surface area contributed by atoms with Crippen LogP contribution >= 0.6 is 35.0 Å².